The fraction of sp³-hybridized carbons (Fsp3) is 0.714. The minimum Gasteiger partial charge on any atom is -0.497 e. The number of methoxy groups -OCH3 is 1. The van der Waals surface area contributed by atoms with E-state index in [0.717, 1.165) is 44.5 Å². The van der Waals surface area contributed by atoms with E-state index in [9.17, 15) is 10.2 Å². The van der Waals surface area contributed by atoms with E-state index < -0.39 is 6.10 Å². The summed E-state index contributed by atoms with van der Waals surface area (Å²) in [6.45, 7) is 11.1. The maximum Gasteiger partial charge on any atom is 0.118 e. The van der Waals surface area contributed by atoms with Crippen molar-refractivity contribution in [2.75, 3.05) is 13.7 Å². The largest absolute Gasteiger partial charge is 0.497 e. The van der Waals surface area contributed by atoms with E-state index in [1.165, 1.54) is 30.4 Å². The summed E-state index contributed by atoms with van der Waals surface area (Å²) in [4.78, 5) is 0. The van der Waals surface area contributed by atoms with E-state index in [1.807, 2.05) is 12.1 Å². The summed E-state index contributed by atoms with van der Waals surface area (Å²) in [5, 5.41) is 24.9. The molecule has 1 aromatic rings. The van der Waals surface area contributed by atoms with Gasteiger partial charge in [-0.25, -0.2) is 0 Å². The number of nitrogens with one attached hydrogen (secondary N) is 1. The first-order valence-corrected chi connectivity index (χ1v) is 12.7. The minimum absolute atomic E-state index is 0.0921. The summed E-state index contributed by atoms with van der Waals surface area (Å²) < 4.78 is 5.26. The van der Waals surface area contributed by atoms with Crippen LogP contribution in [-0.2, 0) is 6.54 Å². The second-order valence-corrected chi connectivity index (χ2v) is 11.2. The first-order valence-electron chi connectivity index (χ1n) is 12.7. The van der Waals surface area contributed by atoms with E-state index in [0.29, 0.717) is 24.2 Å². The Hall–Kier alpha value is -1.36. The molecule has 4 heteroatoms. The molecule has 3 aliphatic carbocycles. The number of ether oxygens (including phenoxy) is 1. The van der Waals surface area contributed by atoms with Crippen LogP contribution >= 0.6 is 0 Å². The highest BCUT2D eigenvalue weighted by molar-refractivity contribution is 5.27. The Morgan fingerprint density at radius 1 is 1.06 bits per heavy atom. The third kappa shape index (κ3) is 4.38. The maximum absolute atomic E-state index is 11.1. The third-order valence-electron chi connectivity index (χ3n) is 9.65. The van der Waals surface area contributed by atoms with E-state index in [2.05, 4.69) is 37.9 Å². The highest BCUT2D eigenvalue weighted by Gasteiger charge is 2.56. The van der Waals surface area contributed by atoms with Gasteiger partial charge in [0.2, 0.25) is 0 Å². The first-order chi connectivity index (χ1) is 15.3. The van der Waals surface area contributed by atoms with Crippen LogP contribution in [0.5, 0.6) is 5.75 Å². The Bertz CT molecular complexity index is 792. The number of hydrogen-bond acceptors (Lipinski definition) is 4. The molecular weight excluding hydrogens is 398 g/mol. The van der Waals surface area contributed by atoms with Crippen molar-refractivity contribution in [3.05, 3.63) is 42.0 Å². The van der Waals surface area contributed by atoms with Crippen LogP contribution in [-0.4, -0.2) is 36.1 Å². The average molecular weight is 442 g/mol. The zero-order chi connectivity index (χ0) is 22.9. The number of aliphatic hydroxyl groups excluding tert-OH is 2. The smallest absolute Gasteiger partial charge is 0.118 e. The van der Waals surface area contributed by atoms with E-state index in [-0.39, 0.29) is 16.9 Å². The van der Waals surface area contributed by atoms with Gasteiger partial charge in [-0.1, -0.05) is 38.1 Å². The van der Waals surface area contributed by atoms with Crippen molar-refractivity contribution in [1.29, 1.82) is 0 Å². The Kier molecular flexibility index (Phi) is 7.05. The van der Waals surface area contributed by atoms with Gasteiger partial charge in [-0.2, -0.15) is 0 Å². The molecule has 3 aliphatic rings. The van der Waals surface area contributed by atoms with Gasteiger partial charge >= 0.3 is 0 Å². The normalized spacial score (nSPS) is 39.7. The molecule has 0 heterocycles. The topological polar surface area (TPSA) is 61.7 Å². The Labute approximate surface area is 194 Å². The van der Waals surface area contributed by atoms with Crippen molar-refractivity contribution in [3.63, 3.8) is 0 Å². The van der Waals surface area contributed by atoms with Crippen molar-refractivity contribution in [2.24, 2.45) is 28.6 Å². The molecule has 3 N–H and O–H groups in total. The van der Waals surface area contributed by atoms with Crippen molar-refractivity contribution in [1.82, 2.24) is 5.32 Å². The van der Waals surface area contributed by atoms with Crippen LogP contribution in [0, 0.1) is 28.6 Å². The molecular formula is C28H43NO3. The third-order valence-corrected chi connectivity index (χ3v) is 9.65. The van der Waals surface area contributed by atoms with Crippen LogP contribution in [0.3, 0.4) is 0 Å². The quantitative estimate of drug-likeness (QED) is 0.408. The van der Waals surface area contributed by atoms with Gasteiger partial charge in [-0.3, -0.25) is 0 Å². The van der Waals surface area contributed by atoms with Crippen LogP contribution in [0.1, 0.15) is 70.8 Å². The summed E-state index contributed by atoms with van der Waals surface area (Å²) >= 11 is 0. The zero-order valence-electron chi connectivity index (χ0n) is 20.3. The summed E-state index contributed by atoms with van der Waals surface area (Å²) in [5.74, 6) is 2.65. The van der Waals surface area contributed by atoms with Crippen LogP contribution in [0.4, 0.5) is 0 Å². The van der Waals surface area contributed by atoms with Crippen molar-refractivity contribution < 1.29 is 14.9 Å². The lowest BCUT2D eigenvalue weighted by Crippen LogP contribution is -2.52. The Balaban J connectivity index is 1.46. The van der Waals surface area contributed by atoms with Gasteiger partial charge in [0.15, 0.2) is 0 Å². The van der Waals surface area contributed by atoms with Crippen LogP contribution < -0.4 is 10.1 Å². The molecule has 0 amide bonds. The van der Waals surface area contributed by atoms with Gasteiger partial charge in [0, 0.05) is 6.54 Å². The van der Waals surface area contributed by atoms with Crippen LogP contribution in [0.25, 0.3) is 0 Å². The van der Waals surface area contributed by atoms with Gasteiger partial charge in [0.1, 0.15) is 5.75 Å². The number of fused-ring (bicyclic) bond motifs is 1. The van der Waals surface area contributed by atoms with E-state index >= 15 is 0 Å². The number of rotatable bonds is 7. The number of benzene rings is 1. The summed E-state index contributed by atoms with van der Waals surface area (Å²) in [5.41, 5.74) is 2.88. The molecule has 1 aromatic carbocycles. The van der Waals surface area contributed by atoms with Gasteiger partial charge in [-0.15, -0.1) is 0 Å². The maximum atomic E-state index is 11.1. The molecule has 3 saturated carbocycles. The molecule has 178 valence electrons. The molecule has 0 saturated heterocycles. The minimum atomic E-state index is -0.403. The molecule has 0 aliphatic heterocycles. The van der Waals surface area contributed by atoms with E-state index in [4.69, 9.17) is 4.74 Å². The molecule has 3 fully saturated rings. The molecule has 0 unspecified atom stereocenters. The predicted molar refractivity (Wildman–Crippen MR) is 129 cm³/mol. The fourth-order valence-corrected chi connectivity index (χ4v) is 7.38. The summed E-state index contributed by atoms with van der Waals surface area (Å²) in [7, 11) is 1.70. The lowest BCUT2D eigenvalue weighted by atomic mass is 9.50. The van der Waals surface area contributed by atoms with Gasteiger partial charge in [0.25, 0.3) is 0 Å². The zero-order valence-corrected chi connectivity index (χ0v) is 20.3. The van der Waals surface area contributed by atoms with Gasteiger partial charge in [0.05, 0.1) is 19.3 Å². The number of allylic oxidation sites excluding steroid dienone is 1. The van der Waals surface area contributed by atoms with Crippen molar-refractivity contribution >= 4 is 0 Å². The second-order valence-electron chi connectivity index (χ2n) is 11.2. The van der Waals surface area contributed by atoms with Crippen LogP contribution in [0.15, 0.2) is 36.4 Å². The molecule has 4 nitrogen and oxygen atoms in total. The predicted octanol–water partition coefficient (Wildman–Crippen LogP) is 5.09. The molecule has 4 rings (SSSR count). The van der Waals surface area contributed by atoms with Crippen molar-refractivity contribution in [2.45, 2.75) is 84.0 Å². The number of hydrogen-bond donors (Lipinski definition) is 3. The lowest BCUT2D eigenvalue weighted by Gasteiger charge is -2.55. The molecule has 0 spiro atoms. The molecule has 0 aromatic heterocycles. The fourth-order valence-electron chi connectivity index (χ4n) is 7.38. The monoisotopic (exact) mass is 441 g/mol. The molecule has 0 bridgehead atoms. The van der Waals surface area contributed by atoms with Crippen LogP contribution in [0.2, 0.25) is 0 Å². The van der Waals surface area contributed by atoms with E-state index in [1.54, 1.807) is 7.11 Å². The van der Waals surface area contributed by atoms with Gasteiger partial charge in [-0.05, 0) is 104 Å². The SMILES string of the molecule is C=C1CC[C@H]2[C@H](CCNCc3ccc(OC)cc3)[C@@H]([C@@]3(C)CC[C@H](O)C[C@@H]3O)CC[C@]12C. The molecule has 7 atom stereocenters. The van der Waals surface area contributed by atoms with Crippen molar-refractivity contribution in [3.8, 4) is 5.75 Å². The summed E-state index contributed by atoms with van der Waals surface area (Å²) in [6.07, 6.45) is 7.43. The Morgan fingerprint density at radius 3 is 2.50 bits per heavy atom. The molecule has 0 radical (unpaired) electrons. The Morgan fingerprint density at radius 2 is 1.81 bits per heavy atom. The molecule has 32 heavy (non-hydrogen) atoms. The average Bonchev–Trinajstić information content (AvgIpc) is 3.09. The second kappa shape index (κ2) is 9.48. The highest BCUT2D eigenvalue weighted by atomic mass is 16.5. The first kappa shape index (κ1) is 23.8. The lowest BCUT2D eigenvalue weighted by molar-refractivity contribution is -0.120. The standard InChI is InChI=1S/C28H43NO3/c1-19-5-10-24-23(13-16-29-18-20-6-8-22(32-4)9-7-20)25(12-15-27(19,24)2)28(3)14-11-21(30)17-26(28)31/h6-9,21,23-26,29-31H,1,5,10-18H2,2-4H3/t21-,23-,24-,25-,26-,27+,28+/m0/s1. The van der Waals surface area contributed by atoms with Gasteiger partial charge < -0.3 is 20.3 Å². The number of aliphatic hydroxyl groups is 2. The summed E-state index contributed by atoms with van der Waals surface area (Å²) in [6, 6.07) is 8.28. The highest BCUT2D eigenvalue weighted by Crippen LogP contribution is 2.63.